The van der Waals surface area contributed by atoms with Crippen molar-refractivity contribution < 1.29 is 14.3 Å². The summed E-state index contributed by atoms with van der Waals surface area (Å²) in [6, 6.07) is 0. The van der Waals surface area contributed by atoms with E-state index >= 15 is 0 Å². The minimum atomic E-state index is -0.0446. The third-order valence-corrected chi connectivity index (χ3v) is 4.43. The molecule has 2 aliphatic heterocycles. The monoisotopic (exact) mass is 326 g/mol. The minimum Gasteiger partial charge on any atom is -0.376 e. The van der Waals surface area contributed by atoms with Crippen LogP contribution in [0.15, 0.2) is 4.99 Å². The first-order chi connectivity index (χ1) is 11.2. The number of ether oxygens (including phenoxy) is 2. The summed E-state index contributed by atoms with van der Waals surface area (Å²) in [6.45, 7) is 3.62. The Labute approximate surface area is 138 Å². The van der Waals surface area contributed by atoms with Crippen molar-refractivity contribution in [2.24, 2.45) is 4.99 Å². The summed E-state index contributed by atoms with van der Waals surface area (Å²) < 4.78 is 11.7. The SMILES string of the molecule is CN=C(NCC(=O)NC)N1CCC(OCC2CCCCO2)CC1. The largest absolute Gasteiger partial charge is 0.376 e. The van der Waals surface area contributed by atoms with Crippen molar-refractivity contribution in [3.8, 4) is 0 Å². The molecule has 2 heterocycles. The third kappa shape index (κ3) is 5.99. The number of hydrogen-bond acceptors (Lipinski definition) is 4. The van der Waals surface area contributed by atoms with E-state index in [1.165, 1.54) is 12.8 Å². The Bertz CT molecular complexity index is 389. The Morgan fingerprint density at radius 1 is 1.30 bits per heavy atom. The first kappa shape index (κ1) is 18.0. The topological polar surface area (TPSA) is 75.2 Å². The lowest BCUT2D eigenvalue weighted by Crippen LogP contribution is -2.49. The van der Waals surface area contributed by atoms with Gasteiger partial charge in [-0.25, -0.2) is 0 Å². The van der Waals surface area contributed by atoms with Crippen LogP contribution in [0, 0.1) is 0 Å². The zero-order valence-electron chi connectivity index (χ0n) is 14.3. The molecule has 7 nitrogen and oxygen atoms in total. The van der Waals surface area contributed by atoms with Gasteiger partial charge in [-0.3, -0.25) is 9.79 Å². The molecule has 1 atom stereocenters. The van der Waals surface area contributed by atoms with E-state index in [9.17, 15) is 4.79 Å². The number of nitrogens with one attached hydrogen (secondary N) is 2. The molecule has 0 aromatic carbocycles. The van der Waals surface area contributed by atoms with Crippen molar-refractivity contribution in [2.75, 3.05) is 46.9 Å². The van der Waals surface area contributed by atoms with Gasteiger partial charge < -0.3 is 25.0 Å². The lowest BCUT2D eigenvalue weighted by atomic mass is 10.1. The van der Waals surface area contributed by atoms with Gasteiger partial charge >= 0.3 is 0 Å². The molecule has 2 N–H and O–H groups in total. The lowest BCUT2D eigenvalue weighted by Gasteiger charge is -2.34. The molecule has 23 heavy (non-hydrogen) atoms. The molecule has 0 aliphatic carbocycles. The average Bonchev–Trinajstić information content (AvgIpc) is 2.62. The van der Waals surface area contributed by atoms with Crippen molar-refractivity contribution in [2.45, 2.75) is 44.3 Å². The van der Waals surface area contributed by atoms with Crippen molar-refractivity contribution in [3.05, 3.63) is 0 Å². The lowest BCUT2D eigenvalue weighted by molar-refractivity contribution is -0.119. The van der Waals surface area contributed by atoms with Crippen LogP contribution < -0.4 is 10.6 Å². The molecule has 2 fully saturated rings. The van der Waals surface area contributed by atoms with Crippen molar-refractivity contribution in [3.63, 3.8) is 0 Å². The fourth-order valence-corrected chi connectivity index (χ4v) is 3.00. The number of carbonyl (C=O) groups is 1. The second-order valence-corrected chi connectivity index (χ2v) is 6.08. The highest BCUT2D eigenvalue weighted by Crippen LogP contribution is 2.17. The number of likely N-dealkylation sites (tertiary alicyclic amines) is 1. The standard InChI is InChI=1S/C16H30N4O3/c1-17-15(21)11-19-16(18-2)20-8-6-13(7-9-20)23-12-14-5-3-4-10-22-14/h13-14H,3-12H2,1-2H3,(H,17,21)(H,18,19). The van der Waals surface area contributed by atoms with Crippen LogP contribution in [0.2, 0.25) is 0 Å². The first-order valence-corrected chi connectivity index (χ1v) is 8.62. The van der Waals surface area contributed by atoms with Crippen LogP contribution >= 0.6 is 0 Å². The summed E-state index contributed by atoms with van der Waals surface area (Å²) >= 11 is 0. The molecule has 0 aromatic rings. The molecule has 0 spiro atoms. The third-order valence-electron chi connectivity index (χ3n) is 4.43. The van der Waals surface area contributed by atoms with Gasteiger partial charge in [0.2, 0.25) is 5.91 Å². The number of piperidine rings is 1. The predicted octanol–water partition coefficient (Wildman–Crippen LogP) is 0.358. The summed E-state index contributed by atoms with van der Waals surface area (Å²) in [5, 5.41) is 5.69. The molecular weight excluding hydrogens is 296 g/mol. The van der Waals surface area contributed by atoms with E-state index in [1.54, 1.807) is 14.1 Å². The van der Waals surface area contributed by atoms with Gasteiger partial charge in [0.25, 0.3) is 0 Å². The fourth-order valence-electron chi connectivity index (χ4n) is 3.00. The van der Waals surface area contributed by atoms with Gasteiger partial charge in [0, 0.05) is 33.8 Å². The molecule has 2 rings (SSSR count). The second-order valence-electron chi connectivity index (χ2n) is 6.08. The summed E-state index contributed by atoms with van der Waals surface area (Å²) in [6.07, 6.45) is 6.09. The molecule has 1 unspecified atom stereocenters. The van der Waals surface area contributed by atoms with Crippen LogP contribution in [0.3, 0.4) is 0 Å². The van der Waals surface area contributed by atoms with Crippen LogP contribution in [-0.4, -0.2) is 75.9 Å². The van der Waals surface area contributed by atoms with Gasteiger partial charge in [0.15, 0.2) is 5.96 Å². The summed E-state index contributed by atoms with van der Waals surface area (Å²) in [5.41, 5.74) is 0. The number of aliphatic imine (C=N–C) groups is 1. The summed E-state index contributed by atoms with van der Waals surface area (Å²) in [4.78, 5) is 17.8. The van der Waals surface area contributed by atoms with E-state index in [4.69, 9.17) is 9.47 Å². The molecular formula is C16H30N4O3. The number of likely N-dealkylation sites (N-methyl/N-ethyl adjacent to an activating group) is 1. The van der Waals surface area contributed by atoms with E-state index in [1.807, 2.05) is 0 Å². The van der Waals surface area contributed by atoms with E-state index in [-0.39, 0.29) is 18.6 Å². The van der Waals surface area contributed by atoms with E-state index in [0.29, 0.717) is 12.7 Å². The Morgan fingerprint density at radius 3 is 2.70 bits per heavy atom. The predicted molar refractivity (Wildman–Crippen MR) is 89.6 cm³/mol. The van der Waals surface area contributed by atoms with Gasteiger partial charge in [0.1, 0.15) is 0 Å². The normalized spacial score (nSPS) is 23.7. The maximum absolute atomic E-state index is 11.3. The van der Waals surface area contributed by atoms with Gasteiger partial charge in [-0.1, -0.05) is 0 Å². The van der Waals surface area contributed by atoms with E-state index in [0.717, 1.165) is 44.9 Å². The highest BCUT2D eigenvalue weighted by Gasteiger charge is 2.23. The highest BCUT2D eigenvalue weighted by atomic mass is 16.5. The Hall–Kier alpha value is -1.34. The number of rotatable bonds is 5. The van der Waals surface area contributed by atoms with Crippen LogP contribution in [0.25, 0.3) is 0 Å². The van der Waals surface area contributed by atoms with Crippen molar-refractivity contribution in [1.82, 2.24) is 15.5 Å². The van der Waals surface area contributed by atoms with Crippen molar-refractivity contribution >= 4 is 11.9 Å². The molecule has 7 heteroatoms. The zero-order chi connectivity index (χ0) is 16.5. The molecule has 2 aliphatic rings. The minimum absolute atomic E-state index is 0.0446. The number of guanidine groups is 1. The number of hydrogen-bond donors (Lipinski definition) is 2. The number of nitrogens with zero attached hydrogens (tertiary/aromatic N) is 2. The maximum atomic E-state index is 11.3. The number of amides is 1. The van der Waals surface area contributed by atoms with Gasteiger partial charge in [0.05, 0.1) is 25.4 Å². The van der Waals surface area contributed by atoms with E-state index in [2.05, 4.69) is 20.5 Å². The smallest absolute Gasteiger partial charge is 0.239 e. The maximum Gasteiger partial charge on any atom is 0.239 e. The Kier molecular flexibility index (Phi) is 7.61. The van der Waals surface area contributed by atoms with Crippen LogP contribution in [0.1, 0.15) is 32.1 Å². The van der Waals surface area contributed by atoms with E-state index < -0.39 is 0 Å². The van der Waals surface area contributed by atoms with Crippen molar-refractivity contribution in [1.29, 1.82) is 0 Å². The molecule has 0 radical (unpaired) electrons. The second kappa shape index (κ2) is 9.72. The fraction of sp³-hybridized carbons (Fsp3) is 0.875. The summed E-state index contributed by atoms with van der Waals surface area (Å²) in [5.74, 6) is 0.736. The molecule has 0 saturated carbocycles. The average molecular weight is 326 g/mol. The molecule has 2 saturated heterocycles. The van der Waals surface area contributed by atoms with Gasteiger partial charge in [-0.2, -0.15) is 0 Å². The van der Waals surface area contributed by atoms with Gasteiger partial charge in [-0.15, -0.1) is 0 Å². The molecule has 132 valence electrons. The first-order valence-electron chi connectivity index (χ1n) is 8.62. The van der Waals surface area contributed by atoms with Crippen LogP contribution in [0.4, 0.5) is 0 Å². The Morgan fingerprint density at radius 2 is 2.09 bits per heavy atom. The van der Waals surface area contributed by atoms with Gasteiger partial charge in [-0.05, 0) is 32.1 Å². The zero-order valence-corrected chi connectivity index (χ0v) is 14.3. The molecule has 1 amide bonds. The van der Waals surface area contributed by atoms with Crippen LogP contribution in [0.5, 0.6) is 0 Å². The molecule has 0 bridgehead atoms. The number of carbonyl (C=O) groups excluding carboxylic acids is 1. The summed E-state index contributed by atoms with van der Waals surface area (Å²) in [7, 11) is 3.38. The Balaban J connectivity index is 1.66. The quantitative estimate of drug-likeness (QED) is 0.563. The van der Waals surface area contributed by atoms with Crippen LogP contribution in [-0.2, 0) is 14.3 Å². The molecule has 0 aromatic heterocycles. The highest BCUT2D eigenvalue weighted by molar-refractivity contribution is 5.86.